The molecule has 0 atom stereocenters. The van der Waals surface area contributed by atoms with Crippen molar-refractivity contribution in [1.29, 1.82) is 0 Å². The van der Waals surface area contributed by atoms with Crippen LogP contribution in [0.2, 0.25) is 0 Å². The van der Waals surface area contributed by atoms with Crippen molar-refractivity contribution in [3.05, 3.63) is 41.6 Å². The average molecular weight is 230 g/mol. The van der Waals surface area contributed by atoms with E-state index >= 15 is 0 Å². The minimum absolute atomic E-state index is 0.0497. The molecule has 0 unspecified atom stereocenters. The molecule has 1 saturated heterocycles. The number of urea groups is 1. The standard InChI is InChI=1S/C12H10N2O3/c1-8(15)14-10(11(16)13-12(14)17)7-9-5-3-2-4-6-9/h2-7H,1H3,(H,13,16,17). The first-order chi connectivity index (χ1) is 8.09. The predicted octanol–water partition coefficient (Wildman–Crippen LogP) is 1.13. The SMILES string of the molecule is CC(=O)N1C(=O)NC(=O)C1=Cc1ccccc1. The quantitative estimate of drug-likeness (QED) is 0.580. The van der Waals surface area contributed by atoms with Crippen molar-refractivity contribution in [2.75, 3.05) is 0 Å². The van der Waals surface area contributed by atoms with E-state index in [1.807, 2.05) is 6.07 Å². The fourth-order valence-corrected chi connectivity index (χ4v) is 1.58. The smallest absolute Gasteiger partial charge is 0.274 e. The molecular weight excluding hydrogens is 220 g/mol. The lowest BCUT2D eigenvalue weighted by Crippen LogP contribution is -2.31. The fraction of sp³-hybridized carbons (Fsp3) is 0.0833. The van der Waals surface area contributed by atoms with Crippen LogP contribution in [0.25, 0.3) is 6.08 Å². The molecule has 1 aromatic carbocycles. The van der Waals surface area contributed by atoms with Crippen LogP contribution in [0, 0.1) is 0 Å². The molecule has 0 bridgehead atoms. The van der Waals surface area contributed by atoms with Crippen molar-refractivity contribution in [2.24, 2.45) is 0 Å². The third kappa shape index (κ3) is 2.08. The van der Waals surface area contributed by atoms with E-state index in [1.54, 1.807) is 24.3 Å². The van der Waals surface area contributed by atoms with E-state index in [0.717, 1.165) is 10.5 Å². The largest absolute Gasteiger partial charge is 0.335 e. The number of rotatable bonds is 1. The van der Waals surface area contributed by atoms with Gasteiger partial charge < -0.3 is 0 Å². The summed E-state index contributed by atoms with van der Waals surface area (Å²) in [7, 11) is 0. The van der Waals surface area contributed by atoms with E-state index in [4.69, 9.17) is 0 Å². The lowest BCUT2D eigenvalue weighted by atomic mass is 10.2. The number of nitrogens with zero attached hydrogens (tertiary/aromatic N) is 1. The first-order valence-corrected chi connectivity index (χ1v) is 5.02. The van der Waals surface area contributed by atoms with Gasteiger partial charge in [-0.3, -0.25) is 14.9 Å². The zero-order valence-electron chi connectivity index (χ0n) is 9.14. The maximum atomic E-state index is 11.5. The Morgan fingerprint density at radius 3 is 2.47 bits per heavy atom. The molecule has 0 radical (unpaired) electrons. The zero-order valence-corrected chi connectivity index (χ0v) is 9.14. The summed E-state index contributed by atoms with van der Waals surface area (Å²) in [5.74, 6) is -1.05. The molecule has 1 aromatic rings. The normalized spacial score (nSPS) is 17.5. The van der Waals surface area contributed by atoms with E-state index in [9.17, 15) is 14.4 Å². The Bertz CT molecular complexity index is 520. The fourth-order valence-electron chi connectivity index (χ4n) is 1.58. The van der Waals surface area contributed by atoms with Gasteiger partial charge in [0.2, 0.25) is 5.91 Å². The highest BCUT2D eigenvalue weighted by Crippen LogP contribution is 2.16. The van der Waals surface area contributed by atoms with Crippen LogP contribution in [-0.4, -0.2) is 22.7 Å². The van der Waals surface area contributed by atoms with Gasteiger partial charge in [-0.25, -0.2) is 9.69 Å². The second-order valence-electron chi connectivity index (χ2n) is 3.55. The van der Waals surface area contributed by atoms with Crippen LogP contribution in [0.5, 0.6) is 0 Å². The van der Waals surface area contributed by atoms with Crippen LogP contribution in [0.1, 0.15) is 12.5 Å². The monoisotopic (exact) mass is 230 g/mol. The number of amides is 4. The molecular formula is C12H10N2O3. The Morgan fingerprint density at radius 2 is 1.88 bits per heavy atom. The molecule has 2 rings (SSSR count). The lowest BCUT2D eigenvalue weighted by molar-refractivity contribution is -0.125. The Hall–Kier alpha value is -2.43. The molecule has 1 aliphatic heterocycles. The van der Waals surface area contributed by atoms with E-state index in [1.165, 1.54) is 13.0 Å². The first-order valence-electron chi connectivity index (χ1n) is 5.02. The molecule has 5 heteroatoms. The highest BCUT2D eigenvalue weighted by atomic mass is 16.2. The number of nitrogens with one attached hydrogen (secondary N) is 1. The molecule has 1 fully saturated rings. The summed E-state index contributed by atoms with van der Waals surface area (Å²) in [6.45, 7) is 1.23. The van der Waals surface area contributed by atoms with Gasteiger partial charge in [0.05, 0.1) is 0 Å². The van der Waals surface area contributed by atoms with Gasteiger partial charge in [-0.15, -0.1) is 0 Å². The van der Waals surface area contributed by atoms with Gasteiger partial charge in [-0.2, -0.15) is 0 Å². The average Bonchev–Trinajstić information content (AvgIpc) is 2.55. The summed E-state index contributed by atoms with van der Waals surface area (Å²) in [6.07, 6.45) is 1.50. The maximum Gasteiger partial charge on any atom is 0.335 e. The van der Waals surface area contributed by atoms with Crippen LogP contribution >= 0.6 is 0 Å². The van der Waals surface area contributed by atoms with Crippen LogP contribution in [0.15, 0.2) is 36.0 Å². The van der Waals surface area contributed by atoms with Crippen LogP contribution in [-0.2, 0) is 9.59 Å². The molecule has 5 nitrogen and oxygen atoms in total. The molecule has 1 aliphatic rings. The first kappa shape index (κ1) is 11.1. The molecule has 17 heavy (non-hydrogen) atoms. The van der Waals surface area contributed by atoms with Crippen LogP contribution in [0.3, 0.4) is 0 Å². The number of carbonyl (C=O) groups excluding carboxylic acids is 3. The minimum Gasteiger partial charge on any atom is -0.274 e. The second-order valence-corrected chi connectivity index (χ2v) is 3.55. The van der Waals surface area contributed by atoms with E-state index in [-0.39, 0.29) is 5.70 Å². The molecule has 0 aromatic heterocycles. The van der Waals surface area contributed by atoms with E-state index in [0.29, 0.717) is 0 Å². The van der Waals surface area contributed by atoms with Gasteiger partial charge in [0.15, 0.2) is 0 Å². The third-order valence-corrected chi connectivity index (χ3v) is 2.31. The number of benzene rings is 1. The summed E-state index contributed by atoms with van der Waals surface area (Å²) in [5, 5.41) is 2.08. The molecule has 4 amide bonds. The van der Waals surface area contributed by atoms with E-state index < -0.39 is 17.8 Å². The van der Waals surface area contributed by atoms with Crippen molar-refractivity contribution in [3.63, 3.8) is 0 Å². The Labute approximate surface area is 97.7 Å². The minimum atomic E-state index is -0.704. The molecule has 86 valence electrons. The number of hydrogen-bond acceptors (Lipinski definition) is 3. The number of imide groups is 2. The Balaban J connectivity index is 2.42. The molecule has 0 saturated carbocycles. The van der Waals surface area contributed by atoms with Crippen LogP contribution in [0.4, 0.5) is 4.79 Å². The summed E-state index contributed by atoms with van der Waals surface area (Å²) in [4.78, 5) is 35.0. The Kier molecular flexibility index (Phi) is 2.74. The third-order valence-electron chi connectivity index (χ3n) is 2.31. The zero-order chi connectivity index (χ0) is 12.4. The van der Waals surface area contributed by atoms with Crippen molar-refractivity contribution >= 4 is 23.9 Å². The lowest BCUT2D eigenvalue weighted by Gasteiger charge is -2.09. The van der Waals surface area contributed by atoms with Crippen molar-refractivity contribution < 1.29 is 14.4 Å². The maximum absolute atomic E-state index is 11.5. The van der Waals surface area contributed by atoms with Crippen molar-refractivity contribution in [3.8, 4) is 0 Å². The van der Waals surface area contributed by atoms with Crippen molar-refractivity contribution in [1.82, 2.24) is 10.2 Å². The van der Waals surface area contributed by atoms with Crippen LogP contribution < -0.4 is 5.32 Å². The summed E-state index contributed by atoms with van der Waals surface area (Å²) in [5.41, 5.74) is 0.798. The Morgan fingerprint density at radius 1 is 1.24 bits per heavy atom. The van der Waals surface area contributed by atoms with Gasteiger partial charge in [0.1, 0.15) is 5.70 Å². The van der Waals surface area contributed by atoms with Crippen molar-refractivity contribution in [2.45, 2.75) is 6.92 Å². The molecule has 0 spiro atoms. The molecule has 1 heterocycles. The second kappa shape index (κ2) is 4.21. The van der Waals surface area contributed by atoms with E-state index in [2.05, 4.69) is 5.32 Å². The summed E-state index contributed by atoms with van der Waals surface area (Å²) < 4.78 is 0. The van der Waals surface area contributed by atoms with Gasteiger partial charge in [0, 0.05) is 6.92 Å². The van der Waals surface area contributed by atoms with Gasteiger partial charge in [-0.1, -0.05) is 30.3 Å². The highest BCUT2D eigenvalue weighted by Gasteiger charge is 2.35. The number of carbonyl (C=O) groups is 3. The molecule has 0 aliphatic carbocycles. The van der Waals surface area contributed by atoms with Gasteiger partial charge in [0.25, 0.3) is 5.91 Å². The topological polar surface area (TPSA) is 66.5 Å². The predicted molar refractivity (Wildman–Crippen MR) is 60.5 cm³/mol. The van der Waals surface area contributed by atoms with Gasteiger partial charge in [-0.05, 0) is 11.6 Å². The molecule has 1 N–H and O–H groups in total. The summed E-state index contributed by atoms with van der Waals surface area (Å²) in [6, 6.07) is 8.30. The summed E-state index contributed by atoms with van der Waals surface area (Å²) >= 11 is 0. The number of hydrogen-bond donors (Lipinski definition) is 1. The highest BCUT2D eigenvalue weighted by molar-refractivity contribution is 6.19. The van der Waals surface area contributed by atoms with Gasteiger partial charge >= 0.3 is 6.03 Å².